The van der Waals surface area contributed by atoms with Gasteiger partial charge < -0.3 is 5.21 Å². The summed E-state index contributed by atoms with van der Waals surface area (Å²) < 4.78 is 0.551. The van der Waals surface area contributed by atoms with E-state index in [9.17, 15) is 10.1 Å². The van der Waals surface area contributed by atoms with Crippen LogP contribution in [-0.2, 0) is 0 Å². The maximum atomic E-state index is 10.6. The Kier molecular flexibility index (Phi) is 3.43. The summed E-state index contributed by atoms with van der Waals surface area (Å²) in [6, 6.07) is 4.24. The molecule has 1 N–H and O–H groups in total. The first-order valence-electron chi connectivity index (χ1n) is 3.38. The van der Waals surface area contributed by atoms with Gasteiger partial charge in [0.25, 0.3) is 5.69 Å². The zero-order chi connectivity index (χ0) is 10.7. The van der Waals surface area contributed by atoms with Crippen molar-refractivity contribution in [3.8, 4) is 0 Å². The zero-order valence-electron chi connectivity index (χ0n) is 6.65. The zero-order valence-corrected chi connectivity index (χ0v) is 8.99. The Labute approximate surface area is 92.3 Å². The van der Waals surface area contributed by atoms with E-state index in [1.165, 1.54) is 12.1 Å². The van der Waals surface area contributed by atoms with Crippen molar-refractivity contribution in [2.75, 3.05) is 0 Å². The highest BCUT2D eigenvalue weighted by Gasteiger charge is 2.17. The minimum absolute atomic E-state index is 0.0716. The van der Waals surface area contributed by atoms with Gasteiger partial charge in [-0.3, -0.25) is 10.1 Å². The molecule has 0 heterocycles. The molecule has 0 aromatic heterocycles. The number of nitro benzene ring substituents is 1. The fourth-order valence-corrected chi connectivity index (χ4v) is 1.39. The molecule has 1 rings (SSSR count). The lowest BCUT2D eigenvalue weighted by Crippen LogP contribution is -1.99. The molecule has 0 radical (unpaired) electrons. The van der Waals surface area contributed by atoms with Crippen LogP contribution < -0.4 is 0 Å². The summed E-state index contributed by atoms with van der Waals surface area (Å²) in [4.78, 5) is 9.98. The fraction of sp³-hybridized carbons (Fsp3) is 0. The third-order valence-electron chi connectivity index (χ3n) is 1.47. The van der Waals surface area contributed by atoms with Gasteiger partial charge in [0.1, 0.15) is 0 Å². The van der Waals surface area contributed by atoms with Crippen LogP contribution in [-0.4, -0.2) is 15.3 Å². The van der Waals surface area contributed by atoms with E-state index in [-0.39, 0.29) is 16.4 Å². The summed E-state index contributed by atoms with van der Waals surface area (Å²) in [5.74, 6) is 0. The standard InChI is InChI=1S/C7H4BrClN2O3/c8-4-1-2-5(7(9)10-12)6(3-4)11(13)14/h1-3,12H. The van der Waals surface area contributed by atoms with E-state index < -0.39 is 4.92 Å². The van der Waals surface area contributed by atoms with E-state index in [1.807, 2.05) is 0 Å². The van der Waals surface area contributed by atoms with Crippen LogP contribution in [0.25, 0.3) is 0 Å². The highest BCUT2D eigenvalue weighted by atomic mass is 79.9. The largest absolute Gasteiger partial charge is 0.410 e. The second-order valence-corrected chi connectivity index (χ2v) is 3.58. The Morgan fingerprint density at radius 3 is 2.79 bits per heavy atom. The van der Waals surface area contributed by atoms with Crippen LogP contribution >= 0.6 is 27.5 Å². The van der Waals surface area contributed by atoms with Crippen LogP contribution in [0.15, 0.2) is 27.8 Å². The van der Waals surface area contributed by atoms with Crippen molar-refractivity contribution in [2.24, 2.45) is 5.16 Å². The first kappa shape index (κ1) is 10.9. The molecule has 14 heavy (non-hydrogen) atoms. The van der Waals surface area contributed by atoms with Gasteiger partial charge >= 0.3 is 0 Å². The van der Waals surface area contributed by atoms with Crippen LogP contribution in [0, 0.1) is 10.1 Å². The van der Waals surface area contributed by atoms with Crippen molar-refractivity contribution >= 4 is 38.4 Å². The Morgan fingerprint density at radius 1 is 1.64 bits per heavy atom. The summed E-state index contributed by atoms with van der Waals surface area (Å²) in [7, 11) is 0. The van der Waals surface area contributed by atoms with E-state index in [0.29, 0.717) is 4.47 Å². The minimum atomic E-state index is -0.604. The first-order chi connectivity index (χ1) is 6.56. The molecule has 0 aliphatic rings. The SMILES string of the molecule is O=[N+]([O-])c1cc(Br)ccc1C(Cl)=NO. The van der Waals surface area contributed by atoms with Crippen LogP contribution in [0.1, 0.15) is 5.56 Å². The highest BCUT2D eigenvalue weighted by Crippen LogP contribution is 2.24. The molecule has 0 bridgehead atoms. The Balaban J connectivity index is 3.36. The Morgan fingerprint density at radius 2 is 2.29 bits per heavy atom. The molecule has 0 amide bonds. The van der Waals surface area contributed by atoms with Gasteiger partial charge in [-0.2, -0.15) is 0 Å². The summed E-state index contributed by atoms with van der Waals surface area (Å²) in [6.45, 7) is 0. The fourth-order valence-electron chi connectivity index (χ4n) is 0.884. The van der Waals surface area contributed by atoms with Crippen LogP contribution in [0.3, 0.4) is 0 Å². The summed E-state index contributed by atoms with van der Waals surface area (Å²) in [6.07, 6.45) is 0. The number of hydrogen-bond donors (Lipinski definition) is 1. The lowest BCUT2D eigenvalue weighted by atomic mass is 10.2. The molecule has 0 atom stereocenters. The summed E-state index contributed by atoms with van der Waals surface area (Å²) >= 11 is 8.56. The predicted octanol–water partition coefficient (Wildman–Crippen LogP) is 2.73. The number of halogens is 2. The normalized spacial score (nSPS) is 11.4. The highest BCUT2D eigenvalue weighted by molar-refractivity contribution is 9.10. The van der Waals surface area contributed by atoms with Crippen molar-refractivity contribution in [3.63, 3.8) is 0 Å². The molecule has 0 aliphatic heterocycles. The van der Waals surface area contributed by atoms with Crippen LogP contribution in [0.4, 0.5) is 5.69 Å². The van der Waals surface area contributed by atoms with Gasteiger partial charge in [-0.15, -0.1) is 0 Å². The Hall–Kier alpha value is -1.14. The van der Waals surface area contributed by atoms with Gasteiger partial charge in [0, 0.05) is 10.5 Å². The van der Waals surface area contributed by atoms with Gasteiger partial charge in [-0.1, -0.05) is 32.7 Å². The van der Waals surface area contributed by atoms with E-state index in [2.05, 4.69) is 21.1 Å². The van der Waals surface area contributed by atoms with Gasteiger partial charge in [0.15, 0.2) is 5.17 Å². The molecule has 0 unspecified atom stereocenters. The summed E-state index contributed by atoms with van der Waals surface area (Å²) in [5.41, 5.74) is -0.149. The second-order valence-electron chi connectivity index (χ2n) is 2.31. The van der Waals surface area contributed by atoms with Crippen molar-refractivity contribution in [2.45, 2.75) is 0 Å². The maximum absolute atomic E-state index is 10.6. The van der Waals surface area contributed by atoms with E-state index in [1.54, 1.807) is 6.07 Å². The van der Waals surface area contributed by atoms with E-state index >= 15 is 0 Å². The number of nitrogens with zero attached hydrogens (tertiary/aromatic N) is 2. The molecule has 0 aliphatic carbocycles. The minimum Gasteiger partial charge on any atom is -0.410 e. The van der Waals surface area contributed by atoms with Gasteiger partial charge in [0.2, 0.25) is 0 Å². The molecule has 7 heteroatoms. The molecule has 5 nitrogen and oxygen atoms in total. The molecule has 1 aromatic rings. The van der Waals surface area contributed by atoms with Crippen LogP contribution in [0.5, 0.6) is 0 Å². The molecule has 0 saturated carbocycles. The third kappa shape index (κ3) is 2.21. The molecule has 0 saturated heterocycles. The van der Waals surface area contributed by atoms with Gasteiger partial charge in [0.05, 0.1) is 10.5 Å². The summed E-state index contributed by atoms with van der Waals surface area (Å²) in [5, 5.41) is 21.3. The monoisotopic (exact) mass is 278 g/mol. The smallest absolute Gasteiger partial charge is 0.280 e. The predicted molar refractivity (Wildman–Crippen MR) is 55.0 cm³/mol. The van der Waals surface area contributed by atoms with E-state index in [0.717, 1.165) is 0 Å². The molecule has 0 fully saturated rings. The lowest BCUT2D eigenvalue weighted by Gasteiger charge is -1.99. The first-order valence-corrected chi connectivity index (χ1v) is 4.55. The van der Waals surface area contributed by atoms with Crippen molar-refractivity contribution in [1.29, 1.82) is 0 Å². The average molecular weight is 279 g/mol. The van der Waals surface area contributed by atoms with Gasteiger partial charge in [-0.25, -0.2) is 0 Å². The van der Waals surface area contributed by atoms with Crippen LogP contribution in [0.2, 0.25) is 0 Å². The lowest BCUT2D eigenvalue weighted by molar-refractivity contribution is -0.385. The van der Waals surface area contributed by atoms with Crippen molar-refractivity contribution < 1.29 is 10.1 Å². The van der Waals surface area contributed by atoms with Crippen molar-refractivity contribution in [1.82, 2.24) is 0 Å². The quantitative estimate of drug-likeness (QED) is 0.391. The molecular formula is C7H4BrClN2O3. The number of benzene rings is 1. The third-order valence-corrected chi connectivity index (χ3v) is 2.24. The number of rotatable bonds is 2. The molecule has 0 spiro atoms. The van der Waals surface area contributed by atoms with Crippen molar-refractivity contribution in [3.05, 3.63) is 38.3 Å². The number of oxime groups is 1. The second kappa shape index (κ2) is 4.39. The van der Waals surface area contributed by atoms with Gasteiger partial charge in [-0.05, 0) is 12.1 Å². The molecule has 1 aromatic carbocycles. The number of nitro groups is 1. The maximum Gasteiger partial charge on any atom is 0.280 e. The number of hydrogen-bond acceptors (Lipinski definition) is 4. The topological polar surface area (TPSA) is 75.7 Å². The Bertz CT molecular complexity index is 408. The molecular weight excluding hydrogens is 275 g/mol. The molecule has 74 valence electrons. The average Bonchev–Trinajstić information content (AvgIpc) is 2.16. The van der Waals surface area contributed by atoms with E-state index in [4.69, 9.17) is 16.8 Å².